The van der Waals surface area contributed by atoms with Crippen LogP contribution in [-0.4, -0.2) is 37.2 Å². The Hall–Kier alpha value is -3.11. The fraction of sp³-hybridized carbons (Fsp3) is 0.190. The Bertz CT molecular complexity index is 1140. The summed E-state index contributed by atoms with van der Waals surface area (Å²) in [5.41, 5.74) is 2.60. The van der Waals surface area contributed by atoms with E-state index in [9.17, 15) is 13.2 Å². The molecule has 0 atom stereocenters. The highest BCUT2D eigenvalue weighted by Gasteiger charge is 2.15. The summed E-state index contributed by atoms with van der Waals surface area (Å²) in [6.07, 6.45) is 0. The molecule has 0 saturated carbocycles. The predicted molar refractivity (Wildman–Crippen MR) is 121 cm³/mol. The number of nitrogens with one attached hydrogen (secondary N) is 2. The van der Waals surface area contributed by atoms with E-state index in [1.165, 1.54) is 31.0 Å². The first-order valence-corrected chi connectivity index (χ1v) is 11.7. The van der Waals surface area contributed by atoms with Gasteiger partial charge in [0.2, 0.25) is 5.91 Å². The van der Waals surface area contributed by atoms with Crippen LogP contribution in [0.25, 0.3) is 0 Å². The third-order valence-corrected chi connectivity index (χ3v) is 6.33. The van der Waals surface area contributed by atoms with E-state index in [2.05, 4.69) is 20.0 Å². The Kier molecular flexibility index (Phi) is 7.13. The molecule has 3 rings (SSSR count). The van der Waals surface area contributed by atoms with Crippen molar-refractivity contribution in [3.05, 3.63) is 66.0 Å². The smallest absolute Gasteiger partial charge is 0.261 e. The molecule has 2 N–H and O–H groups in total. The van der Waals surface area contributed by atoms with Crippen molar-refractivity contribution in [2.75, 3.05) is 22.9 Å². The Morgan fingerprint density at radius 2 is 1.55 bits per heavy atom. The molecule has 2 aromatic carbocycles. The number of hydrogen-bond donors (Lipinski definition) is 2. The molecule has 0 spiro atoms. The van der Waals surface area contributed by atoms with Crippen molar-refractivity contribution in [3.63, 3.8) is 0 Å². The Morgan fingerprint density at radius 3 is 2.13 bits per heavy atom. The van der Waals surface area contributed by atoms with Gasteiger partial charge >= 0.3 is 0 Å². The summed E-state index contributed by atoms with van der Waals surface area (Å²) < 4.78 is 32.7. The van der Waals surface area contributed by atoms with Crippen LogP contribution >= 0.6 is 11.8 Å². The molecule has 0 aliphatic rings. The molecule has 0 aliphatic heterocycles. The number of anilines is 2. The maximum Gasteiger partial charge on any atom is 0.261 e. The lowest BCUT2D eigenvalue weighted by atomic mass is 10.3. The second kappa shape index (κ2) is 9.80. The number of nitrogens with zero attached hydrogens (tertiary/aromatic N) is 2. The molecule has 8 nitrogen and oxygen atoms in total. The number of ether oxygens (including phenoxy) is 1. The normalized spacial score (nSPS) is 11.1. The van der Waals surface area contributed by atoms with Gasteiger partial charge < -0.3 is 10.1 Å². The largest absolute Gasteiger partial charge is 0.497 e. The average Bonchev–Trinajstić information content (AvgIpc) is 2.72. The monoisotopic (exact) mass is 458 g/mol. The van der Waals surface area contributed by atoms with Crippen molar-refractivity contribution in [2.24, 2.45) is 0 Å². The van der Waals surface area contributed by atoms with Crippen molar-refractivity contribution in [1.82, 2.24) is 9.97 Å². The van der Waals surface area contributed by atoms with Gasteiger partial charge in [0.05, 0.1) is 17.8 Å². The van der Waals surface area contributed by atoms with Crippen molar-refractivity contribution in [2.45, 2.75) is 23.9 Å². The molecule has 31 heavy (non-hydrogen) atoms. The molecule has 3 aromatic rings. The molecule has 0 aliphatic carbocycles. The molecule has 0 bridgehead atoms. The zero-order valence-electron chi connectivity index (χ0n) is 17.2. The van der Waals surface area contributed by atoms with E-state index in [0.29, 0.717) is 22.3 Å². The molecule has 10 heteroatoms. The first-order valence-electron chi connectivity index (χ1n) is 9.27. The summed E-state index contributed by atoms with van der Waals surface area (Å²) in [5.74, 6) is 0.534. The summed E-state index contributed by atoms with van der Waals surface area (Å²) in [6, 6.07) is 14.4. The third-order valence-electron chi connectivity index (χ3n) is 4.08. The zero-order valence-corrected chi connectivity index (χ0v) is 18.9. The fourth-order valence-electron chi connectivity index (χ4n) is 2.68. The molecule has 1 aromatic heterocycles. The SMILES string of the molecule is COc1ccc(NS(=O)(=O)c2ccc(NC(=O)CSc3nc(C)cc(C)n3)cc2)cc1. The summed E-state index contributed by atoms with van der Waals surface area (Å²) in [6.45, 7) is 3.75. The van der Waals surface area contributed by atoms with Crippen LogP contribution in [0.5, 0.6) is 5.75 Å². The van der Waals surface area contributed by atoms with Gasteiger partial charge in [-0.2, -0.15) is 0 Å². The summed E-state index contributed by atoms with van der Waals surface area (Å²) in [7, 11) is -2.22. The highest BCUT2D eigenvalue weighted by molar-refractivity contribution is 7.99. The topological polar surface area (TPSA) is 110 Å². The Balaban J connectivity index is 1.58. The molecule has 1 amide bonds. The first-order chi connectivity index (χ1) is 14.7. The van der Waals surface area contributed by atoms with Crippen LogP contribution in [0.4, 0.5) is 11.4 Å². The molecule has 1 heterocycles. The second-order valence-corrected chi connectivity index (χ2v) is 9.25. The number of aromatic nitrogens is 2. The van der Waals surface area contributed by atoms with E-state index in [1.54, 1.807) is 36.4 Å². The number of rotatable bonds is 8. The molecule has 162 valence electrons. The van der Waals surface area contributed by atoms with Crippen LogP contribution in [0.1, 0.15) is 11.4 Å². The number of thioether (sulfide) groups is 1. The maximum absolute atomic E-state index is 12.6. The molecule has 0 radical (unpaired) electrons. The van der Waals surface area contributed by atoms with Crippen LogP contribution in [0.15, 0.2) is 64.6 Å². The molecule has 0 unspecified atom stereocenters. The number of hydrogen-bond acceptors (Lipinski definition) is 7. The van der Waals surface area contributed by atoms with Gasteiger partial charge in [-0.25, -0.2) is 18.4 Å². The van der Waals surface area contributed by atoms with E-state index in [4.69, 9.17) is 4.74 Å². The highest BCUT2D eigenvalue weighted by atomic mass is 32.2. The quantitative estimate of drug-likeness (QED) is 0.392. The number of sulfonamides is 1. The minimum Gasteiger partial charge on any atom is -0.497 e. The van der Waals surface area contributed by atoms with Gasteiger partial charge in [-0.05, 0) is 68.4 Å². The lowest BCUT2D eigenvalue weighted by Gasteiger charge is -2.10. The number of methoxy groups -OCH3 is 1. The van der Waals surface area contributed by atoms with Gasteiger partial charge in [0.15, 0.2) is 5.16 Å². The van der Waals surface area contributed by atoms with E-state index in [1.807, 2.05) is 19.9 Å². The number of carbonyl (C=O) groups is 1. The number of benzene rings is 2. The predicted octanol–water partition coefficient (Wildman–Crippen LogP) is 3.63. The summed E-state index contributed by atoms with van der Waals surface area (Å²) in [5, 5.41) is 3.28. The lowest BCUT2D eigenvalue weighted by Crippen LogP contribution is -2.15. The van der Waals surface area contributed by atoms with Gasteiger partial charge in [0.1, 0.15) is 5.75 Å². The van der Waals surface area contributed by atoms with Gasteiger partial charge in [-0.1, -0.05) is 11.8 Å². The number of aryl methyl sites for hydroxylation is 2. The number of carbonyl (C=O) groups excluding carboxylic acids is 1. The van der Waals surface area contributed by atoms with Crippen molar-refractivity contribution >= 4 is 39.1 Å². The van der Waals surface area contributed by atoms with E-state index in [-0.39, 0.29) is 16.6 Å². The van der Waals surface area contributed by atoms with Crippen molar-refractivity contribution in [1.29, 1.82) is 0 Å². The van der Waals surface area contributed by atoms with Gasteiger partial charge in [-0.15, -0.1) is 0 Å². The molecule has 0 saturated heterocycles. The van der Waals surface area contributed by atoms with Crippen LogP contribution in [0.2, 0.25) is 0 Å². The second-order valence-electron chi connectivity index (χ2n) is 6.63. The Labute approximate surface area is 185 Å². The maximum atomic E-state index is 12.6. The average molecular weight is 459 g/mol. The number of amides is 1. The zero-order chi connectivity index (χ0) is 22.4. The first kappa shape index (κ1) is 22.6. The summed E-state index contributed by atoms with van der Waals surface area (Å²) in [4.78, 5) is 20.9. The fourth-order valence-corrected chi connectivity index (χ4v) is 4.48. The van der Waals surface area contributed by atoms with Crippen molar-refractivity contribution < 1.29 is 17.9 Å². The van der Waals surface area contributed by atoms with Gasteiger partial charge in [0, 0.05) is 22.8 Å². The van der Waals surface area contributed by atoms with Gasteiger partial charge in [0.25, 0.3) is 10.0 Å². The molecular weight excluding hydrogens is 436 g/mol. The third kappa shape index (κ3) is 6.43. The van der Waals surface area contributed by atoms with Crippen LogP contribution < -0.4 is 14.8 Å². The highest BCUT2D eigenvalue weighted by Crippen LogP contribution is 2.21. The minimum absolute atomic E-state index is 0.0827. The molecule has 0 fully saturated rings. The van der Waals surface area contributed by atoms with Gasteiger partial charge in [-0.3, -0.25) is 9.52 Å². The minimum atomic E-state index is -3.76. The standard InChI is InChI=1S/C21H22N4O4S2/c1-14-12-15(2)23-21(22-14)30-13-20(26)24-16-6-10-19(11-7-16)31(27,28)25-17-4-8-18(29-3)9-5-17/h4-12,25H,13H2,1-3H3,(H,24,26). The molecular formula is C21H22N4O4S2. The van der Waals surface area contributed by atoms with E-state index < -0.39 is 10.0 Å². The van der Waals surface area contributed by atoms with Crippen molar-refractivity contribution in [3.8, 4) is 5.75 Å². The van der Waals surface area contributed by atoms with E-state index in [0.717, 1.165) is 11.4 Å². The summed E-state index contributed by atoms with van der Waals surface area (Å²) >= 11 is 1.24. The van der Waals surface area contributed by atoms with Crippen LogP contribution in [0.3, 0.4) is 0 Å². The lowest BCUT2D eigenvalue weighted by molar-refractivity contribution is -0.113. The van der Waals surface area contributed by atoms with E-state index >= 15 is 0 Å². The van der Waals surface area contributed by atoms with Crippen LogP contribution in [0, 0.1) is 13.8 Å². The Morgan fingerprint density at radius 1 is 0.968 bits per heavy atom. The van der Waals surface area contributed by atoms with Crippen LogP contribution in [-0.2, 0) is 14.8 Å².